The van der Waals surface area contributed by atoms with Gasteiger partial charge in [-0.25, -0.2) is 0 Å². The van der Waals surface area contributed by atoms with E-state index >= 15 is 0 Å². The summed E-state index contributed by atoms with van der Waals surface area (Å²) in [5, 5.41) is 8.76. The van der Waals surface area contributed by atoms with Gasteiger partial charge in [0.1, 0.15) is 0 Å². The van der Waals surface area contributed by atoms with Crippen molar-refractivity contribution in [3.63, 3.8) is 0 Å². The molecule has 0 saturated heterocycles. The van der Waals surface area contributed by atoms with Crippen LogP contribution in [0.3, 0.4) is 0 Å². The highest BCUT2D eigenvalue weighted by Crippen LogP contribution is 2.44. The Morgan fingerprint density at radius 1 is 0.892 bits per heavy atom. The molecule has 3 aromatic carbocycles. The quantitative estimate of drug-likeness (QED) is 0.180. The molecule has 1 nitrogen and oxygen atoms in total. The zero-order chi connectivity index (χ0) is 26.0. The van der Waals surface area contributed by atoms with E-state index < -0.39 is 0 Å². The fourth-order valence-corrected chi connectivity index (χ4v) is 7.37. The third kappa shape index (κ3) is 7.34. The van der Waals surface area contributed by atoms with Gasteiger partial charge >= 0.3 is 0 Å². The number of hydrogen-bond donors (Lipinski definition) is 1. The molecule has 0 saturated carbocycles. The lowest BCUT2D eigenvalue weighted by atomic mass is 9.80. The summed E-state index contributed by atoms with van der Waals surface area (Å²) >= 11 is 3.77. The second-order valence-electron chi connectivity index (χ2n) is 9.57. The highest BCUT2D eigenvalue weighted by molar-refractivity contribution is 8.00. The number of fused-ring (bicyclic) bond motifs is 1. The minimum Gasteiger partial charge on any atom is -0.305 e. The molecule has 0 fully saturated rings. The number of thioether (sulfide) groups is 1. The van der Waals surface area contributed by atoms with Gasteiger partial charge in [-0.15, -0.1) is 29.7 Å². The number of thiophene rings is 1. The molecule has 1 atom stereocenters. The van der Waals surface area contributed by atoms with Crippen LogP contribution >= 0.6 is 23.1 Å². The highest BCUT2D eigenvalue weighted by atomic mass is 32.2. The van der Waals surface area contributed by atoms with E-state index in [0.717, 1.165) is 43.6 Å². The average Bonchev–Trinajstić information content (AvgIpc) is 3.28. The van der Waals surface area contributed by atoms with Crippen LogP contribution in [-0.2, 0) is 25.0 Å². The zero-order valence-electron chi connectivity index (χ0n) is 22.0. The predicted molar refractivity (Wildman–Crippen MR) is 164 cm³/mol. The minimum absolute atomic E-state index is 0.441. The molecule has 0 spiro atoms. The van der Waals surface area contributed by atoms with E-state index in [0.29, 0.717) is 5.92 Å². The molecule has 37 heavy (non-hydrogen) atoms. The van der Waals surface area contributed by atoms with Crippen molar-refractivity contribution in [3.05, 3.63) is 136 Å². The number of nitrogens with one attached hydrogen (secondary N) is 1. The van der Waals surface area contributed by atoms with Gasteiger partial charge in [-0.1, -0.05) is 97.9 Å². The van der Waals surface area contributed by atoms with Crippen molar-refractivity contribution < 1.29 is 0 Å². The lowest BCUT2D eigenvalue weighted by Gasteiger charge is -2.25. The monoisotopic (exact) mass is 523 g/mol. The first-order chi connectivity index (χ1) is 18.1. The van der Waals surface area contributed by atoms with Crippen molar-refractivity contribution in [1.82, 2.24) is 0 Å². The Hall–Kier alpha value is -2.88. The molecule has 0 aliphatic heterocycles. The van der Waals surface area contributed by atoms with Crippen LogP contribution in [0.2, 0.25) is 0 Å². The van der Waals surface area contributed by atoms with Crippen LogP contribution in [0, 0.1) is 12.3 Å². The summed E-state index contributed by atoms with van der Waals surface area (Å²) in [7, 11) is 0. The highest BCUT2D eigenvalue weighted by Gasteiger charge is 2.29. The summed E-state index contributed by atoms with van der Waals surface area (Å²) in [6.45, 7) is 8.10. The molecule has 4 aromatic rings. The Balaban J connectivity index is 0.000000270. The van der Waals surface area contributed by atoms with Crippen LogP contribution in [0.15, 0.2) is 102 Å². The van der Waals surface area contributed by atoms with Crippen molar-refractivity contribution in [2.45, 2.75) is 61.8 Å². The predicted octanol–water partition coefficient (Wildman–Crippen LogP) is 9.81. The van der Waals surface area contributed by atoms with E-state index in [1.165, 1.54) is 42.5 Å². The maximum atomic E-state index is 8.76. The van der Waals surface area contributed by atoms with Gasteiger partial charge in [-0.3, -0.25) is 0 Å². The third-order valence-corrected chi connectivity index (χ3v) is 9.42. The summed E-state index contributed by atoms with van der Waals surface area (Å²) in [5.74, 6) is 1.42. The smallest absolute Gasteiger partial charge is 0.0698 e. The van der Waals surface area contributed by atoms with Gasteiger partial charge in [-0.05, 0) is 72.8 Å². The van der Waals surface area contributed by atoms with Gasteiger partial charge < -0.3 is 5.41 Å². The summed E-state index contributed by atoms with van der Waals surface area (Å²) in [6, 6.07) is 30.1. The van der Waals surface area contributed by atoms with E-state index in [-0.39, 0.29) is 0 Å². The van der Waals surface area contributed by atoms with Crippen LogP contribution < -0.4 is 0 Å². The molecular weight excluding hydrogens is 487 g/mol. The molecule has 190 valence electrons. The van der Waals surface area contributed by atoms with Crippen molar-refractivity contribution in [2.75, 3.05) is 0 Å². The Labute approximate surface area is 231 Å². The summed E-state index contributed by atoms with van der Waals surface area (Å²) < 4.78 is 1.33. The maximum absolute atomic E-state index is 8.76. The van der Waals surface area contributed by atoms with Gasteiger partial charge in [0.2, 0.25) is 0 Å². The molecule has 0 bridgehead atoms. The topological polar surface area (TPSA) is 23.9 Å². The average molecular weight is 524 g/mol. The van der Waals surface area contributed by atoms with Crippen LogP contribution in [0.4, 0.5) is 0 Å². The Kier molecular flexibility index (Phi) is 9.99. The van der Waals surface area contributed by atoms with E-state index in [4.69, 9.17) is 5.41 Å². The lowest BCUT2D eigenvalue weighted by molar-refractivity contribution is 0.692. The van der Waals surface area contributed by atoms with Crippen LogP contribution in [0.5, 0.6) is 0 Å². The number of allylic oxidation sites excluding steroid dienone is 1. The number of aryl methyl sites for hydroxylation is 3. The Morgan fingerprint density at radius 2 is 1.54 bits per heavy atom. The summed E-state index contributed by atoms with van der Waals surface area (Å²) in [5.41, 5.74) is 8.97. The summed E-state index contributed by atoms with van der Waals surface area (Å²) in [4.78, 5) is 1.39. The molecule has 5 rings (SSSR count). The maximum Gasteiger partial charge on any atom is 0.0698 e. The standard InChI is InChI=1S/C24H25NS2.C10H12/c1-3-17-9-11-19(12-10-17)20-13-21-16(2)27-24(23(21)22(25)14-20)26-15-18-7-5-4-6-8-18;1-2-3-7-10-8-5-4-6-9-10/h4-12,20,25H,3,13-15H2,1-2H3;2,4-6,8-9H,1,3,7H2. The van der Waals surface area contributed by atoms with Crippen molar-refractivity contribution >= 4 is 28.8 Å². The second kappa shape index (κ2) is 13.6. The van der Waals surface area contributed by atoms with Gasteiger partial charge in [0, 0.05) is 21.9 Å². The molecule has 1 unspecified atom stereocenters. The molecule has 3 heteroatoms. The Morgan fingerprint density at radius 3 is 2.16 bits per heavy atom. The van der Waals surface area contributed by atoms with E-state index in [2.05, 4.69) is 99.3 Å². The molecular formula is C34H37NS2. The van der Waals surface area contributed by atoms with E-state index in [1.54, 1.807) is 0 Å². The minimum atomic E-state index is 0.441. The van der Waals surface area contributed by atoms with Crippen molar-refractivity contribution in [3.8, 4) is 0 Å². The molecule has 1 N–H and O–H groups in total. The van der Waals surface area contributed by atoms with Gasteiger partial charge in [0.15, 0.2) is 0 Å². The van der Waals surface area contributed by atoms with Gasteiger partial charge in [0.05, 0.1) is 4.21 Å². The number of rotatable bonds is 8. The van der Waals surface area contributed by atoms with E-state index in [9.17, 15) is 0 Å². The molecule has 1 aromatic heterocycles. The van der Waals surface area contributed by atoms with E-state index in [1.807, 2.05) is 35.2 Å². The third-order valence-electron chi connectivity index (χ3n) is 6.93. The van der Waals surface area contributed by atoms with Crippen molar-refractivity contribution in [1.29, 1.82) is 5.41 Å². The molecule has 1 aliphatic rings. The zero-order valence-corrected chi connectivity index (χ0v) is 23.6. The van der Waals surface area contributed by atoms with Gasteiger partial charge in [0.25, 0.3) is 0 Å². The first kappa shape index (κ1) is 27.2. The second-order valence-corrected chi connectivity index (χ2v) is 12.0. The molecule has 0 radical (unpaired) electrons. The van der Waals surface area contributed by atoms with Crippen LogP contribution in [0.25, 0.3) is 0 Å². The first-order valence-corrected chi connectivity index (χ1v) is 15.0. The Bertz CT molecular complexity index is 1290. The largest absolute Gasteiger partial charge is 0.305 e. The molecule has 1 aliphatic carbocycles. The number of benzene rings is 3. The van der Waals surface area contributed by atoms with Crippen LogP contribution in [-0.4, -0.2) is 5.71 Å². The van der Waals surface area contributed by atoms with Crippen molar-refractivity contribution in [2.24, 2.45) is 0 Å². The summed E-state index contributed by atoms with van der Waals surface area (Å²) in [6.07, 6.45) is 7.14. The molecule has 0 amide bonds. The molecule has 1 heterocycles. The first-order valence-electron chi connectivity index (χ1n) is 13.2. The SMILES string of the molecule is C=CCCc1ccccc1.CCc1ccc(C2CC(=N)c3c(SCc4ccccc4)sc(C)c3C2)cc1. The van der Waals surface area contributed by atoms with Crippen LogP contribution in [0.1, 0.15) is 63.9 Å². The lowest BCUT2D eigenvalue weighted by Crippen LogP contribution is -2.18. The normalized spacial score (nSPS) is 14.4. The fraction of sp³-hybridized carbons (Fsp3) is 0.265. The van der Waals surface area contributed by atoms with Gasteiger partial charge in [-0.2, -0.15) is 0 Å². The fourth-order valence-electron chi connectivity index (χ4n) is 4.77. The number of hydrogen-bond acceptors (Lipinski definition) is 3.